The van der Waals surface area contributed by atoms with Crippen LogP contribution in [0.5, 0.6) is 0 Å². The van der Waals surface area contributed by atoms with Crippen LogP contribution < -0.4 is 5.32 Å². The minimum absolute atomic E-state index is 0.333. The fourth-order valence-electron chi connectivity index (χ4n) is 1.07. The third-order valence-corrected chi connectivity index (χ3v) is 2.94. The molecule has 3 nitrogen and oxygen atoms in total. The SMILES string of the molecule is COC(=O)C(Br)CNc1cc(Cl)cc(Cl)c1. The monoisotopic (exact) mass is 325 g/mol. The number of halogens is 3. The Morgan fingerprint density at radius 3 is 2.50 bits per heavy atom. The molecule has 88 valence electrons. The zero-order chi connectivity index (χ0) is 12.1. The fraction of sp³-hybridized carbons (Fsp3) is 0.300. The van der Waals surface area contributed by atoms with Crippen LogP contribution in [0.15, 0.2) is 18.2 Å². The Balaban J connectivity index is 2.57. The van der Waals surface area contributed by atoms with E-state index in [4.69, 9.17) is 23.2 Å². The molecule has 0 spiro atoms. The molecule has 0 radical (unpaired) electrons. The second-order valence-electron chi connectivity index (χ2n) is 3.03. The van der Waals surface area contributed by atoms with Gasteiger partial charge in [-0.2, -0.15) is 0 Å². The number of carbonyl (C=O) groups is 1. The minimum atomic E-state index is -0.407. The van der Waals surface area contributed by atoms with Gasteiger partial charge in [0.25, 0.3) is 0 Å². The number of ether oxygens (including phenoxy) is 1. The number of rotatable bonds is 4. The Morgan fingerprint density at radius 2 is 2.00 bits per heavy atom. The predicted octanol–water partition coefficient (Wildman–Crippen LogP) is 3.34. The molecule has 0 amide bonds. The van der Waals surface area contributed by atoms with E-state index >= 15 is 0 Å². The summed E-state index contributed by atoms with van der Waals surface area (Å²) in [5.41, 5.74) is 0.755. The van der Waals surface area contributed by atoms with Gasteiger partial charge in [0.1, 0.15) is 4.83 Å². The highest BCUT2D eigenvalue weighted by molar-refractivity contribution is 9.10. The van der Waals surface area contributed by atoms with Crippen molar-refractivity contribution in [3.05, 3.63) is 28.2 Å². The van der Waals surface area contributed by atoms with Crippen molar-refractivity contribution in [2.45, 2.75) is 4.83 Å². The molecule has 1 N–H and O–H groups in total. The van der Waals surface area contributed by atoms with Crippen molar-refractivity contribution in [2.75, 3.05) is 19.0 Å². The van der Waals surface area contributed by atoms with E-state index in [1.807, 2.05) is 0 Å². The molecule has 1 aromatic rings. The highest BCUT2D eigenvalue weighted by Gasteiger charge is 2.14. The van der Waals surface area contributed by atoms with Crippen molar-refractivity contribution < 1.29 is 9.53 Å². The van der Waals surface area contributed by atoms with Crippen molar-refractivity contribution in [3.63, 3.8) is 0 Å². The molecule has 0 aromatic heterocycles. The van der Waals surface area contributed by atoms with Gasteiger partial charge in [-0.3, -0.25) is 4.79 Å². The molecule has 0 aliphatic heterocycles. The number of nitrogens with one attached hydrogen (secondary N) is 1. The first-order valence-electron chi connectivity index (χ1n) is 4.45. The first kappa shape index (κ1) is 13.6. The van der Waals surface area contributed by atoms with Gasteiger partial charge < -0.3 is 10.1 Å². The largest absolute Gasteiger partial charge is 0.468 e. The second-order valence-corrected chi connectivity index (χ2v) is 5.01. The molecule has 0 aliphatic carbocycles. The van der Waals surface area contributed by atoms with Crippen LogP contribution >= 0.6 is 39.1 Å². The quantitative estimate of drug-likeness (QED) is 0.681. The molecule has 0 saturated heterocycles. The molecule has 0 fully saturated rings. The smallest absolute Gasteiger partial charge is 0.321 e. The minimum Gasteiger partial charge on any atom is -0.468 e. The molecular formula is C10H10BrCl2NO2. The summed E-state index contributed by atoms with van der Waals surface area (Å²) in [4.78, 5) is 10.7. The van der Waals surface area contributed by atoms with E-state index < -0.39 is 4.83 Å². The lowest BCUT2D eigenvalue weighted by Gasteiger charge is -2.10. The van der Waals surface area contributed by atoms with E-state index in [9.17, 15) is 4.79 Å². The van der Waals surface area contributed by atoms with Gasteiger partial charge in [0, 0.05) is 22.3 Å². The molecule has 6 heteroatoms. The zero-order valence-electron chi connectivity index (χ0n) is 8.47. The van der Waals surface area contributed by atoms with Gasteiger partial charge in [-0.1, -0.05) is 39.1 Å². The third kappa shape index (κ3) is 4.20. The fourth-order valence-corrected chi connectivity index (χ4v) is 1.95. The molecule has 0 aliphatic rings. The maximum atomic E-state index is 11.1. The number of anilines is 1. The molecule has 1 aromatic carbocycles. The maximum absolute atomic E-state index is 11.1. The Labute approximate surface area is 112 Å². The Morgan fingerprint density at radius 1 is 1.44 bits per heavy atom. The maximum Gasteiger partial charge on any atom is 0.321 e. The summed E-state index contributed by atoms with van der Waals surface area (Å²) >= 11 is 14.8. The summed E-state index contributed by atoms with van der Waals surface area (Å²) in [5, 5.41) is 4.11. The van der Waals surface area contributed by atoms with Gasteiger partial charge >= 0.3 is 5.97 Å². The summed E-state index contributed by atoms with van der Waals surface area (Å²) in [6.07, 6.45) is 0. The van der Waals surface area contributed by atoms with Gasteiger partial charge in [0.2, 0.25) is 0 Å². The summed E-state index contributed by atoms with van der Waals surface area (Å²) < 4.78 is 4.57. The standard InChI is InChI=1S/C10H10BrCl2NO2/c1-16-10(15)9(11)5-14-8-3-6(12)2-7(13)4-8/h2-4,9,14H,5H2,1H3. The van der Waals surface area contributed by atoms with Crippen LogP contribution in [-0.2, 0) is 9.53 Å². The molecule has 0 saturated carbocycles. The Hall–Kier alpha value is -0.450. The first-order chi connectivity index (χ1) is 7.52. The normalized spacial score (nSPS) is 12.0. The summed E-state index contributed by atoms with van der Waals surface area (Å²) in [5.74, 6) is -0.333. The van der Waals surface area contributed by atoms with Crippen molar-refractivity contribution in [1.29, 1.82) is 0 Å². The van der Waals surface area contributed by atoms with Gasteiger partial charge in [0.15, 0.2) is 0 Å². The van der Waals surface area contributed by atoms with Crippen LogP contribution in [0.25, 0.3) is 0 Å². The third-order valence-electron chi connectivity index (χ3n) is 1.80. The number of hydrogen-bond donors (Lipinski definition) is 1. The zero-order valence-corrected chi connectivity index (χ0v) is 11.6. The highest BCUT2D eigenvalue weighted by atomic mass is 79.9. The van der Waals surface area contributed by atoms with Gasteiger partial charge in [-0.15, -0.1) is 0 Å². The molecule has 0 heterocycles. The second kappa shape index (κ2) is 6.33. The Kier molecular flexibility index (Phi) is 5.38. The summed E-state index contributed by atoms with van der Waals surface area (Å²) in [6, 6.07) is 5.09. The molecule has 16 heavy (non-hydrogen) atoms. The molecule has 1 atom stereocenters. The number of hydrogen-bond acceptors (Lipinski definition) is 3. The highest BCUT2D eigenvalue weighted by Crippen LogP contribution is 2.22. The number of methoxy groups -OCH3 is 1. The lowest BCUT2D eigenvalue weighted by atomic mass is 10.3. The number of alkyl halides is 1. The summed E-state index contributed by atoms with van der Waals surface area (Å²) in [6.45, 7) is 0.392. The van der Waals surface area contributed by atoms with E-state index in [2.05, 4.69) is 26.0 Å². The van der Waals surface area contributed by atoms with Crippen LogP contribution in [-0.4, -0.2) is 24.5 Å². The topological polar surface area (TPSA) is 38.3 Å². The van der Waals surface area contributed by atoms with E-state index in [1.54, 1.807) is 18.2 Å². The van der Waals surface area contributed by atoms with E-state index in [0.717, 1.165) is 5.69 Å². The van der Waals surface area contributed by atoms with E-state index in [-0.39, 0.29) is 5.97 Å². The van der Waals surface area contributed by atoms with Gasteiger partial charge in [-0.25, -0.2) is 0 Å². The lowest BCUT2D eigenvalue weighted by molar-refractivity contribution is -0.139. The molecule has 1 unspecified atom stereocenters. The summed E-state index contributed by atoms with van der Waals surface area (Å²) in [7, 11) is 1.34. The van der Waals surface area contributed by atoms with E-state index in [1.165, 1.54) is 7.11 Å². The Bertz CT molecular complexity index is 367. The number of benzene rings is 1. The van der Waals surface area contributed by atoms with Crippen LogP contribution in [0.2, 0.25) is 10.0 Å². The molecular weight excluding hydrogens is 317 g/mol. The van der Waals surface area contributed by atoms with Crippen molar-refractivity contribution in [2.24, 2.45) is 0 Å². The van der Waals surface area contributed by atoms with E-state index in [0.29, 0.717) is 16.6 Å². The first-order valence-corrected chi connectivity index (χ1v) is 6.12. The van der Waals surface area contributed by atoms with Crippen molar-refractivity contribution in [1.82, 2.24) is 0 Å². The molecule has 1 rings (SSSR count). The van der Waals surface area contributed by atoms with Crippen LogP contribution in [0.4, 0.5) is 5.69 Å². The predicted molar refractivity (Wildman–Crippen MR) is 69.7 cm³/mol. The number of carbonyl (C=O) groups excluding carboxylic acids is 1. The van der Waals surface area contributed by atoms with Gasteiger partial charge in [-0.05, 0) is 18.2 Å². The lowest BCUT2D eigenvalue weighted by Crippen LogP contribution is -2.24. The average molecular weight is 327 g/mol. The van der Waals surface area contributed by atoms with Crippen molar-refractivity contribution >= 4 is 50.8 Å². The van der Waals surface area contributed by atoms with Crippen molar-refractivity contribution in [3.8, 4) is 0 Å². The van der Waals surface area contributed by atoms with Crippen LogP contribution in [0.1, 0.15) is 0 Å². The number of esters is 1. The van der Waals surface area contributed by atoms with Crippen LogP contribution in [0, 0.1) is 0 Å². The van der Waals surface area contributed by atoms with Crippen LogP contribution in [0.3, 0.4) is 0 Å². The molecule has 0 bridgehead atoms. The van der Waals surface area contributed by atoms with Gasteiger partial charge in [0.05, 0.1) is 7.11 Å². The average Bonchev–Trinajstić information content (AvgIpc) is 2.23.